The third-order valence-corrected chi connectivity index (χ3v) is 5.62. The van der Waals surface area contributed by atoms with Gasteiger partial charge in [-0.2, -0.15) is 24.9 Å². The minimum atomic E-state index is -4.50. The Labute approximate surface area is 174 Å². The number of pyridine rings is 1. The smallest absolute Gasteiger partial charge is 0.326 e. The van der Waals surface area contributed by atoms with Gasteiger partial charge in [-0.05, 0) is 36.6 Å². The highest BCUT2D eigenvalue weighted by atomic mass is 32.2. The number of para-hydroxylation sites is 2. The summed E-state index contributed by atoms with van der Waals surface area (Å²) in [5.74, 6) is 1.61. The summed E-state index contributed by atoms with van der Waals surface area (Å²) in [5.41, 5.74) is 1.57. The van der Waals surface area contributed by atoms with Gasteiger partial charge < -0.3 is 4.57 Å². The molecule has 0 aliphatic heterocycles. The number of thioether (sulfide) groups is 1. The van der Waals surface area contributed by atoms with E-state index in [4.69, 9.17) is 0 Å². The van der Waals surface area contributed by atoms with Gasteiger partial charge in [0.15, 0.2) is 0 Å². The van der Waals surface area contributed by atoms with E-state index >= 15 is 0 Å². The van der Waals surface area contributed by atoms with Crippen LogP contribution in [0.5, 0.6) is 0 Å². The zero-order valence-corrected chi connectivity index (χ0v) is 17.1. The molecule has 4 rings (SSSR count). The molecule has 0 radical (unpaired) electrons. The lowest BCUT2D eigenvalue weighted by Gasteiger charge is -2.10. The summed E-state index contributed by atoms with van der Waals surface area (Å²) in [4.78, 5) is 21.6. The fourth-order valence-electron chi connectivity index (χ4n) is 3.66. The normalized spacial score (nSPS) is 12.3. The fourth-order valence-corrected chi connectivity index (χ4v) is 4.07. The maximum atomic E-state index is 13.1. The van der Waals surface area contributed by atoms with Crippen molar-refractivity contribution in [1.82, 2.24) is 23.7 Å². The average Bonchev–Trinajstić information content (AvgIpc) is 3.18. The van der Waals surface area contributed by atoms with Gasteiger partial charge in [0.25, 0.3) is 0 Å². The van der Waals surface area contributed by atoms with Gasteiger partial charge in [0.1, 0.15) is 12.4 Å². The van der Waals surface area contributed by atoms with Gasteiger partial charge in [0.2, 0.25) is 0 Å². The van der Waals surface area contributed by atoms with Gasteiger partial charge in [-0.3, -0.25) is 14.1 Å². The Bertz CT molecular complexity index is 1240. The standard InChI is InChI=1S/C20H20F3N5OS/c1-30-10-4-9-26-15-6-3-2-5-14(15)25-18(26)12-27-17-11-24-8-7-16(17)28(19(27)29)13-20(21,22)23/h2-3,5-8,11H,4,9-10,12-13H2,1H3. The van der Waals surface area contributed by atoms with Crippen molar-refractivity contribution in [1.29, 1.82) is 0 Å². The van der Waals surface area contributed by atoms with Crippen LogP contribution in [0, 0.1) is 0 Å². The first kappa shape index (κ1) is 20.5. The maximum Gasteiger partial charge on any atom is 0.406 e. The molecule has 0 spiro atoms. The second kappa shape index (κ2) is 8.17. The predicted octanol–water partition coefficient (Wildman–Crippen LogP) is 3.91. The quantitative estimate of drug-likeness (QED) is 0.413. The summed E-state index contributed by atoms with van der Waals surface area (Å²) in [6.07, 6.45) is 1.26. The highest BCUT2D eigenvalue weighted by Gasteiger charge is 2.31. The van der Waals surface area contributed by atoms with Crippen LogP contribution in [0.2, 0.25) is 0 Å². The summed E-state index contributed by atoms with van der Waals surface area (Å²) in [6, 6.07) is 9.09. The van der Waals surface area contributed by atoms with Crippen LogP contribution in [-0.2, 0) is 19.6 Å². The molecule has 6 nitrogen and oxygen atoms in total. The summed E-state index contributed by atoms with van der Waals surface area (Å²) in [5, 5.41) is 0. The molecule has 0 atom stereocenters. The van der Waals surface area contributed by atoms with Gasteiger partial charge in [0, 0.05) is 12.7 Å². The van der Waals surface area contributed by atoms with Crippen molar-refractivity contribution >= 4 is 33.8 Å². The van der Waals surface area contributed by atoms with Crippen LogP contribution in [0.4, 0.5) is 13.2 Å². The van der Waals surface area contributed by atoms with E-state index in [1.54, 1.807) is 11.8 Å². The van der Waals surface area contributed by atoms with Crippen LogP contribution in [0.3, 0.4) is 0 Å². The van der Waals surface area contributed by atoms with Crippen LogP contribution in [-0.4, -0.2) is 41.9 Å². The first-order chi connectivity index (χ1) is 14.4. The Morgan fingerprint density at radius 2 is 1.83 bits per heavy atom. The molecule has 0 saturated heterocycles. The Kier molecular flexibility index (Phi) is 5.59. The highest BCUT2D eigenvalue weighted by molar-refractivity contribution is 7.98. The van der Waals surface area contributed by atoms with Gasteiger partial charge >= 0.3 is 11.9 Å². The second-order valence-corrected chi connectivity index (χ2v) is 7.93. The number of imidazole rings is 2. The third-order valence-electron chi connectivity index (χ3n) is 4.92. The lowest BCUT2D eigenvalue weighted by Crippen LogP contribution is -2.30. The van der Waals surface area contributed by atoms with Crippen molar-refractivity contribution in [2.75, 3.05) is 12.0 Å². The molecule has 0 saturated carbocycles. The van der Waals surface area contributed by atoms with E-state index in [2.05, 4.69) is 9.97 Å². The van der Waals surface area contributed by atoms with Crippen molar-refractivity contribution in [2.45, 2.75) is 32.2 Å². The van der Waals surface area contributed by atoms with Gasteiger partial charge in [-0.15, -0.1) is 0 Å². The van der Waals surface area contributed by atoms with Gasteiger partial charge in [-0.25, -0.2) is 9.78 Å². The molecule has 4 aromatic rings. The molecule has 0 N–H and O–H groups in total. The highest BCUT2D eigenvalue weighted by Crippen LogP contribution is 2.22. The molecule has 30 heavy (non-hydrogen) atoms. The number of hydrogen-bond acceptors (Lipinski definition) is 4. The van der Waals surface area contributed by atoms with Crippen LogP contribution in [0.25, 0.3) is 22.1 Å². The minimum absolute atomic E-state index is 0.0693. The fraction of sp³-hybridized carbons (Fsp3) is 0.350. The molecule has 0 bridgehead atoms. The van der Waals surface area contributed by atoms with E-state index in [0.717, 1.165) is 27.8 Å². The molecular weight excluding hydrogens is 415 g/mol. The van der Waals surface area contributed by atoms with Crippen LogP contribution >= 0.6 is 11.8 Å². The first-order valence-corrected chi connectivity index (χ1v) is 10.8. The summed E-state index contributed by atoms with van der Waals surface area (Å²) in [7, 11) is 0. The number of halogens is 3. The zero-order chi connectivity index (χ0) is 21.3. The molecule has 0 aliphatic rings. The van der Waals surface area contributed by atoms with E-state index in [1.165, 1.54) is 23.0 Å². The van der Waals surface area contributed by atoms with E-state index in [9.17, 15) is 18.0 Å². The Hall–Kier alpha value is -2.75. The van der Waals surface area contributed by atoms with E-state index in [0.29, 0.717) is 17.9 Å². The molecule has 0 unspecified atom stereocenters. The third kappa shape index (κ3) is 3.96. The number of aryl methyl sites for hydroxylation is 1. The molecule has 0 amide bonds. The molecule has 158 valence electrons. The Morgan fingerprint density at radius 3 is 2.60 bits per heavy atom. The summed E-state index contributed by atoms with van der Waals surface area (Å²) < 4.78 is 43.3. The van der Waals surface area contributed by atoms with E-state index < -0.39 is 18.4 Å². The number of fused-ring (bicyclic) bond motifs is 2. The zero-order valence-electron chi connectivity index (χ0n) is 16.3. The van der Waals surface area contributed by atoms with Gasteiger partial charge in [0.05, 0.1) is 34.8 Å². The molecule has 0 aliphatic carbocycles. The van der Waals surface area contributed by atoms with Crippen molar-refractivity contribution in [2.24, 2.45) is 0 Å². The monoisotopic (exact) mass is 435 g/mol. The number of alkyl halides is 3. The topological polar surface area (TPSA) is 57.6 Å². The molecule has 3 aromatic heterocycles. The maximum absolute atomic E-state index is 13.1. The number of rotatable bonds is 7. The number of benzene rings is 1. The Balaban J connectivity index is 1.82. The molecule has 3 heterocycles. The largest absolute Gasteiger partial charge is 0.406 e. The van der Waals surface area contributed by atoms with Crippen molar-refractivity contribution in [3.63, 3.8) is 0 Å². The number of aromatic nitrogens is 5. The molecule has 1 aromatic carbocycles. The van der Waals surface area contributed by atoms with E-state index in [1.807, 2.05) is 35.1 Å². The lowest BCUT2D eigenvalue weighted by molar-refractivity contribution is -0.140. The summed E-state index contributed by atoms with van der Waals surface area (Å²) >= 11 is 1.74. The SMILES string of the molecule is CSCCCn1c(Cn2c(=O)n(CC(F)(F)F)c3ccncc32)nc2ccccc21. The van der Waals surface area contributed by atoms with Crippen LogP contribution < -0.4 is 5.69 Å². The second-order valence-electron chi connectivity index (χ2n) is 6.95. The molecule has 0 fully saturated rings. The number of nitrogens with zero attached hydrogens (tertiary/aromatic N) is 5. The summed E-state index contributed by atoms with van der Waals surface area (Å²) in [6.45, 7) is -0.561. The molecular formula is C20H20F3N5OS. The van der Waals surface area contributed by atoms with Crippen molar-refractivity contribution < 1.29 is 13.2 Å². The predicted molar refractivity (Wildman–Crippen MR) is 112 cm³/mol. The minimum Gasteiger partial charge on any atom is -0.326 e. The molecule has 10 heteroatoms. The Morgan fingerprint density at radius 1 is 1.03 bits per heavy atom. The van der Waals surface area contributed by atoms with Crippen LogP contribution in [0.15, 0.2) is 47.5 Å². The van der Waals surface area contributed by atoms with Crippen molar-refractivity contribution in [3.05, 3.63) is 59.0 Å². The van der Waals surface area contributed by atoms with Crippen molar-refractivity contribution in [3.8, 4) is 0 Å². The first-order valence-electron chi connectivity index (χ1n) is 9.42. The average molecular weight is 435 g/mol. The van der Waals surface area contributed by atoms with Gasteiger partial charge in [-0.1, -0.05) is 12.1 Å². The number of hydrogen-bond donors (Lipinski definition) is 0. The lowest BCUT2D eigenvalue weighted by atomic mass is 10.3. The van der Waals surface area contributed by atoms with Crippen LogP contribution in [0.1, 0.15) is 12.2 Å². The van der Waals surface area contributed by atoms with E-state index in [-0.39, 0.29) is 12.1 Å².